The number of anilines is 1. The maximum Gasteiger partial charge on any atom is 0.250 e. The molecule has 1 amide bonds. The van der Waals surface area contributed by atoms with E-state index in [4.69, 9.17) is 5.73 Å². The van der Waals surface area contributed by atoms with Crippen molar-refractivity contribution in [1.29, 1.82) is 0 Å². The first kappa shape index (κ1) is 18.4. The molecule has 28 heavy (non-hydrogen) atoms. The molecule has 2 N–H and O–H groups in total. The van der Waals surface area contributed by atoms with E-state index in [9.17, 15) is 4.79 Å². The number of benzene rings is 1. The lowest BCUT2D eigenvalue weighted by Gasteiger charge is -2.26. The summed E-state index contributed by atoms with van der Waals surface area (Å²) in [4.78, 5) is 28.1. The number of rotatable bonds is 6. The highest BCUT2D eigenvalue weighted by Gasteiger charge is 2.31. The summed E-state index contributed by atoms with van der Waals surface area (Å²) in [5.41, 5.74) is 10.8. The number of aromatic nitrogens is 4. The van der Waals surface area contributed by atoms with Crippen LogP contribution in [0.1, 0.15) is 61.0 Å². The standard InChI is InChI=1S/C21H26N6O/c1-5-26(12(2)3)20-17-21(24-10-23-20)27(11-25-17)18-15(19(22)28)9-6-13(4)16(18)14-7-8-14/h6,9-12,14H,5,7-8H2,1-4H3,(H2,22,28). The van der Waals surface area contributed by atoms with Gasteiger partial charge in [-0.1, -0.05) is 6.07 Å². The van der Waals surface area contributed by atoms with Crippen molar-refractivity contribution in [2.24, 2.45) is 5.73 Å². The van der Waals surface area contributed by atoms with Gasteiger partial charge < -0.3 is 10.6 Å². The number of fused-ring (bicyclic) bond motifs is 1. The number of hydrogen-bond donors (Lipinski definition) is 1. The number of amides is 1. The van der Waals surface area contributed by atoms with Gasteiger partial charge in [0.25, 0.3) is 5.91 Å². The van der Waals surface area contributed by atoms with Gasteiger partial charge in [-0.15, -0.1) is 0 Å². The van der Waals surface area contributed by atoms with Gasteiger partial charge in [0.15, 0.2) is 17.0 Å². The Bertz CT molecular complexity index is 1050. The van der Waals surface area contributed by atoms with E-state index in [0.29, 0.717) is 17.1 Å². The Kier molecular flexibility index (Phi) is 4.53. The Morgan fingerprint density at radius 1 is 1.29 bits per heavy atom. The number of nitrogens with zero attached hydrogens (tertiary/aromatic N) is 5. The molecule has 1 aliphatic carbocycles. The third-order valence-corrected chi connectivity index (χ3v) is 5.48. The van der Waals surface area contributed by atoms with Gasteiger partial charge >= 0.3 is 0 Å². The summed E-state index contributed by atoms with van der Waals surface area (Å²) >= 11 is 0. The molecule has 0 saturated heterocycles. The molecule has 0 unspecified atom stereocenters. The lowest BCUT2D eigenvalue weighted by molar-refractivity contribution is 0.1000. The second-order valence-corrected chi connectivity index (χ2v) is 7.69. The highest BCUT2D eigenvalue weighted by Crippen LogP contribution is 2.45. The Morgan fingerprint density at radius 3 is 2.64 bits per heavy atom. The molecule has 0 aliphatic heterocycles. The number of imidazole rings is 1. The largest absolute Gasteiger partial charge is 0.366 e. The van der Waals surface area contributed by atoms with Gasteiger partial charge in [0.1, 0.15) is 12.7 Å². The summed E-state index contributed by atoms with van der Waals surface area (Å²) in [5, 5.41) is 0. The summed E-state index contributed by atoms with van der Waals surface area (Å²) in [7, 11) is 0. The predicted octanol–water partition coefficient (Wildman–Crippen LogP) is 3.33. The van der Waals surface area contributed by atoms with Gasteiger partial charge in [0, 0.05) is 12.6 Å². The van der Waals surface area contributed by atoms with E-state index < -0.39 is 5.91 Å². The smallest absolute Gasteiger partial charge is 0.250 e. The first-order chi connectivity index (χ1) is 13.4. The molecule has 0 radical (unpaired) electrons. The van der Waals surface area contributed by atoms with Crippen molar-refractivity contribution in [3.05, 3.63) is 41.5 Å². The molecule has 1 saturated carbocycles. The van der Waals surface area contributed by atoms with Crippen molar-refractivity contribution < 1.29 is 4.79 Å². The molecule has 0 atom stereocenters. The number of carbonyl (C=O) groups is 1. The fraction of sp³-hybridized carbons (Fsp3) is 0.429. The molecule has 0 bridgehead atoms. The molecule has 4 rings (SSSR count). The monoisotopic (exact) mass is 378 g/mol. The molecule has 2 aromatic heterocycles. The topological polar surface area (TPSA) is 89.9 Å². The highest BCUT2D eigenvalue weighted by atomic mass is 16.1. The van der Waals surface area contributed by atoms with E-state index in [1.165, 1.54) is 5.56 Å². The van der Waals surface area contributed by atoms with Gasteiger partial charge in [0.2, 0.25) is 0 Å². The second-order valence-electron chi connectivity index (χ2n) is 7.69. The fourth-order valence-corrected chi connectivity index (χ4v) is 4.01. The van der Waals surface area contributed by atoms with E-state index in [2.05, 4.69) is 47.5 Å². The molecular weight excluding hydrogens is 352 g/mol. The Labute approximate surface area is 164 Å². The summed E-state index contributed by atoms with van der Waals surface area (Å²) in [6.07, 6.45) is 5.56. The van der Waals surface area contributed by atoms with Crippen LogP contribution in [0.4, 0.5) is 5.82 Å². The first-order valence-corrected chi connectivity index (χ1v) is 9.82. The molecule has 146 valence electrons. The zero-order valence-electron chi connectivity index (χ0n) is 16.8. The quantitative estimate of drug-likeness (QED) is 0.710. The minimum absolute atomic E-state index is 0.287. The van der Waals surface area contributed by atoms with Crippen LogP contribution < -0.4 is 10.6 Å². The SMILES string of the molecule is CCN(c1ncnc2c1ncn2-c1c(C(N)=O)ccc(C)c1C1CC1)C(C)C. The van der Waals surface area contributed by atoms with Crippen molar-refractivity contribution >= 4 is 22.9 Å². The summed E-state index contributed by atoms with van der Waals surface area (Å²) in [6.45, 7) is 9.26. The van der Waals surface area contributed by atoms with Gasteiger partial charge in [-0.2, -0.15) is 0 Å². The molecule has 1 fully saturated rings. The van der Waals surface area contributed by atoms with E-state index in [1.54, 1.807) is 18.7 Å². The molecule has 2 heterocycles. The van der Waals surface area contributed by atoms with E-state index in [1.807, 2.05) is 10.6 Å². The zero-order chi connectivity index (χ0) is 20.0. The molecule has 1 aromatic carbocycles. The Hall–Kier alpha value is -2.96. The minimum Gasteiger partial charge on any atom is -0.366 e. The van der Waals surface area contributed by atoms with Gasteiger partial charge in [-0.05, 0) is 63.6 Å². The summed E-state index contributed by atoms with van der Waals surface area (Å²) in [5.74, 6) is 0.823. The molecule has 0 spiro atoms. The number of aryl methyl sites for hydroxylation is 1. The first-order valence-electron chi connectivity index (χ1n) is 9.82. The molecule has 3 aromatic rings. The summed E-state index contributed by atoms with van der Waals surface area (Å²) < 4.78 is 1.91. The molecule has 1 aliphatic rings. The van der Waals surface area contributed by atoms with Crippen LogP contribution in [-0.4, -0.2) is 38.0 Å². The van der Waals surface area contributed by atoms with Gasteiger partial charge in [-0.3, -0.25) is 9.36 Å². The van der Waals surface area contributed by atoms with Crippen LogP contribution in [0.2, 0.25) is 0 Å². The van der Waals surface area contributed by atoms with Crippen LogP contribution in [0, 0.1) is 6.92 Å². The Balaban J connectivity index is 1.99. The third kappa shape index (κ3) is 2.91. The molecule has 7 nitrogen and oxygen atoms in total. The van der Waals surface area contributed by atoms with E-state index in [-0.39, 0.29) is 6.04 Å². The average Bonchev–Trinajstić information content (AvgIpc) is 3.39. The maximum absolute atomic E-state index is 12.2. The predicted molar refractivity (Wildman–Crippen MR) is 110 cm³/mol. The second kappa shape index (κ2) is 6.89. The third-order valence-electron chi connectivity index (χ3n) is 5.48. The van der Waals surface area contributed by atoms with Gasteiger partial charge in [-0.25, -0.2) is 15.0 Å². The van der Waals surface area contributed by atoms with Crippen LogP contribution in [0.15, 0.2) is 24.8 Å². The number of hydrogen-bond acceptors (Lipinski definition) is 5. The summed E-state index contributed by atoms with van der Waals surface area (Å²) in [6, 6.07) is 4.07. The maximum atomic E-state index is 12.2. The molecule has 7 heteroatoms. The normalized spacial score (nSPS) is 14.0. The van der Waals surface area contributed by atoms with Crippen molar-refractivity contribution in [2.45, 2.75) is 52.5 Å². The number of primary amides is 1. The van der Waals surface area contributed by atoms with Crippen LogP contribution in [0.25, 0.3) is 16.9 Å². The van der Waals surface area contributed by atoms with Crippen LogP contribution in [-0.2, 0) is 0 Å². The van der Waals surface area contributed by atoms with Crippen molar-refractivity contribution in [3.8, 4) is 5.69 Å². The van der Waals surface area contributed by atoms with Crippen LogP contribution in [0.3, 0.4) is 0 Å². The minimum atomic E-state index is -0.439. The lowest BCUT2D eigenvalue weighted by atomic mass is 9.97. The van der Waals surface area contributed by atoms with Crippen molar-refractivity contribution in [3.63, 3.8) is 0 Å². The van der Waals surface area contributed by atoms with Crippen LogP contribution >= 0.6 is 0 Å². The zero-order valence-corrected chi connectivity index (χ0v) is 16.8. The average molecular weight is 378 g/mol. The number of nitrogens with two attached hydrogens (primary N) is 1. The van der Waals surface area contributed by atoms with E-state index >= 15 is 0 Å². The van der Waals surface area contributed by atoms with Crippen molar-refractivity contribution in [1.82, 2.24) is 19.5 Å². The van der Waals surface area contributed by atoms with Crippen LogP contribution in [0.5, 0.6) is 0 Å². The van der Waals surface area contributed by atoms with Crippen molar-refractivity contribution in [2.75, 3.05) is 11.4 Å². The molecular formula is C21H26N6O. The lowest BCUT2D eigenvalue weighted by Crippen LogP contribution is -2.31. The highest BCUT2D eigenvalue weighted by molar-refractivity contribution is 5.98. The van der Waals surface area contributed by atoms with E-state index in [0.717, 1.165) is 42.0 Å². The Morgan fingerprint density at radius 2 is 2.04 bits per heavy atom. The van der Waals surface area contributed by atoms with Gasteiger partial charge in [0.05, 0.1) is 11.3 Å². The number of carbonyl (C=O) groups excluding carboxylic acids is 1. The fourth-order valence-electron chi connectivity index (χ4n) is 4.01.